The van der Waals surface area contributed by atoms with Gasteiger partial charge in [0, 0.05) is 12.5 Å². The molecule has 0 aromatic rings. The molecule has 3 N–H and O–H groups in total. The van der Waals surface area contributed by atoms with Gasteiger partial charge in [0.15, 0.2) is 0 Å². The van der Waals surface area contributed by atoms with Crippen molar-refractivity contribution in [3.63, 3.8) is 0 Å². The van der Waals surface area contributed by atoms with E-state index >= 15 is 0 Å². The Morgan fingerprint density at radius 3 is 2.62 bits per heavy atom. The van der Waals surface area contributed by atoms with Crippen LogP contribution in [0.25, 0.3) is 0 Å². The van der Waals surface area contributed by atoms with Crippen LogP contribution in [-0.4, -0.2) is 11.9 Å². The third-order valence-corrected chi connectivity index (χ3v) is 1.21. The minimum Gasteiger partial charge on any atom is -0.327 e. The molecule has 0 saturated heterocycles. The molecule has 0 spiro atoms. The summed E-state index contributed by atoms with van der Waals surface area (Å²) in [5.74, 6) is -0.0133. The first-order chi connectivity index (χ1) is 3.66. The molecule has 4 heteroatoms. The monoisotopic (exact) mass is 228 g/mol. The molecule has 0 aromatic carbocycles. The summed E-state index contributed by atoms with van der Waals surface area (Å²) in [5, 5.41) is 0. The summed E-state index contributed by atoms with van der Waals surface area (Å²) >= 11 is 1.79. The highest BCUT2D eigenvalue weighted by Crippen LogP contribution is 1.86. The van der Waals surface area contributed by atoms with Gasteiger partial charge in [-0.05, 0) is 6.92 Å². The summed E-state index contributed by atoms with van der Waals surface area (Å²) < 4.78 is 2.45. The lowest BCUT2D eigenvalue weighted by Crippen LogP contribution is -2.24. The normalized spacial score (nSPS) is 12.9. The highest BCUT2D eigenvalue weighted by atomic mass is 127. The standard InChI is InChI=1S/C4H9IN2O/c1-3(6)2-4(8)7-5/h3H,2,6H2,1H3,(H,7,8)/t3-/m1/s1. The molecule has 0 aliphatic rings. The fourth-order valence-corrected chi connectivity index (χ4v) is 0.551. The molecule has 1 amide bonds. The van der Waals surface area contributed by atoms with Gasteiger partial charge in [-0.15, -0.1) is 0 Å². The second kappa shape index (κ2) is 4.08. The second-order valence-corrected chi connectivity index (χ2v) is 2.24. The lowest BCUT2D eigenvalue weighted by Gasteiger charge is -1.99. The first-order valence-corrected chi connectivity index (χ1v) is 3.39. The first-order valence-electron chi connectivity index (χ1n) is 2.32. The molecule has 0 aliphatic carbocycles. The van der Waals surface area contributed by atoms with E-state index in [0.29, 0.717) is 6.42 Å². The maximum atomic E-state index is 10.4. The van der Waals surface area contributed by atoms with E-state index in [1.54, 1.807) is 29.8 Å². The fourth-order valence-electron chi connectivity index (χ4n) is 0.331. The van der Waals surface area contributed by atoms with E-state index in [1.807, 2.05) is 0 Å². The Balaban J connectivity index is 3.25. The van der Waals surface area contributed by atoms with Gasteiger partial charge in [0.1, 0.15) is 0 Å². The molecular weight excluding hydrogens is 219 g/mol. The van der Waals surface area contributed by atoms with Gasteiger partial charge in [0.25, 0.3) is 0 Å². The molecule has 0 aromatic heterocycles. The summed E-state index contributed by atoms with van der Waals surface area (Å²) in [7, 11) is 0. The van der Waals surface area contributed by atoms with Crippen LogP contribution in [0.15, 0.2) is 0 Å². The Kier molecular flexibility index (Phi) is 4.16. The van der Waals surface area contributed by atoms with Crippen LogP contribution < -0.4 is 9.26 Å². The number of nitrogens with two attached hydrogens (primary N) is 1. The number of hydrogen-bond donors (Lipinski definition) is 2. The Bertz CT molecular complexity index is 84.1. The third kappa shape index (κ3) is 4.32. The zero-order valence-corrected chi connectivity index (χ0v) is 6.81. The fraction of sp³-hybridized carbons (Fsp3) is 0.750. The number of carbonyl (C=O) groups is 1. The third-order valence-electron chi connectivity index (χ3n) is 0.613. The minimum atomic E-state index is -0.0373. The quantitative estimate of drug-likeness (QED) is 0.523. The highest BCUT2D eigenvalue weighted by Gasteiger charge is 2.00. The number of rotatable bonds is 2. The zero-order valence-electron chi connectivity index (χ0n) is 4.65. The van der Waals surface area contributed by atoms with E-state index < -0.39 is 0 Å². The second-order valence-electron chi connectivity index (χ2n) is 1.70. The molecule has 48 valence electrons. The predicted octanol–water partition coefficient (Wildman–Crippen LogP) is 0.190. The van der Waals surface area contributed by atoms with Crippen molar-refractivity contribution >= 4 is 28.8 Å². The zero-order chi connectivity index (χ0) is 6.57. The van der Waals surface area contributed by atoms with Crippen LogP contribution in [-0.2, 0) is 4.79 Å². The van der Waals surface area contributed by atoms with Crippen molar-refractivity contribution < 1.29 is 4.79 Å². The summed E-state index contributed by atoms with van der Waals surface area (Å²) in [4.78, 5) is 10.4. The van der Waals surface area contributed by atoms with Crippen LogP contribution in [0, 0.1) is 0 Å². The van der Waals surface area contributed by atoms with Gasteiger partial charge < -0.3 is 5.73 Å². The smallest absolute Gasteiger partial charge is 0.230 e. The van der Waals surface area contributed by atoms with Crippen molar-refractivity contribution in [1.29, 1.82) is 0 Å². The molecule has 0 rings (SSSR count). The lowest BCUT2D eigenvalue weighted by molar-refractivity contribution is -0.119. The van der Waals surface area contributed by atoms with Crippen molar-refractivity contribution in [2.24, 2.45) is 5.73 Å². The van der Waals surface area contributed by atoms with Crippen LogP contribution >= 0.6 is 22.9 Å². The van der Waals surface area contributed by atoms with Crippen LogP contribution in [0.4, 0.5) is 0 Å². The maximum absolute atomic E-state index is 10.4. The van der Waals surface area contributed by atoms with E-state index in [2.05, 4.69) is 3.53 Å². The largest absolute Gasteiger partial charge is 0.327 e. The van der Waals surface area contributed by atoms with Crippen molar-refractivity contribution in [1.82, 2.24) is 3.53 Å². The van der Waals surface area contributed by atoms with E-state index in [0.717, 1.165) is 0 Å². The predicted molar refractivity (Wildman–Crippen MR) is 40.4 cm³/mol. The average molecular weight is 228 g/mol. The molecule has 0 saturated carbocycles. The summed E-state index contributed by atoms with van der Waals surface area (Å²) in [5.41, 5.74) is 5.30. The summed E-state index contributed by atoms with van der Waals surface area (Å²) in [6.07, 6.45) is 0.406. The SMILES string of the molecule is C[C@@H](N)CC(=O)NI. The van der Waals surface area contributed by atoms with E-state index in [9.17, 15) is 4.79 Å². The molecule has 0 radical (unpaired) electrons. The van der Waals surface area contributed by atoms with Gasteiger partial charge in [-0.2, -0.15) is 0 Å². The van der Waals surface area contributed by atoms with Crippen LogP contribution in [0.1, 0.15) is 13.3 Å². The van der Waals surface area contributed by atoms with Crippen LogP contribution in [0.5, 0.6) is 0 Å². The van der Waals surface area contributed by atoms with Crippen molar-refractivity contribution in [2.45, 2.75) is 19.4 Å². The van der Waals surface area contributed by atoms with Gasteiger partial charge in [-0.3, -0.25) is 8.32 Å². The first kappa shape index (κ1) is 8.16. The molecule has 0 fully saturated rings. The molecule has 3 nitrogen and oxygen atoms in total. The van der Waals surface area contributed by atoms with Crippen LogP contribution in [0.2, 0.25) is 0 Å². The summed E-state index contributed by atoms with van der Waals surface area (Å²) in [6.45, 7) is 1.80. The maximum Gasteiger partial charge on any atom is 0.230 e. The number of hydrogen-bond acceptors (Lipinski definition) is 2. The number of halogens is 1. The Labute approximate surface area is 62.5 Å². The number of nitrogens with one attached hydrogen (secondary N) is 1. The van der Waals surface area contributed by atoms with Crippen molar-refractivity contribution in [3.05, 3.63) is 0 Å². The van der Waals surface area contributed by atoms with Gasteiger partial charge in [-0.25, -0.2) is 0 Å². The molecule has 8 heavy (non-hydrogen) atoms. The topological polar surface area (TPSA) is 55.1 Å². The Hall–Kier alpha value is 0.160. The Morgan fingerprint density at radius 1 is 2.00 bits per heavy atom. The van der Waals surface area contributed by atoms with Crippen molar-refractivity contribution in [3.8, 4) is 0 Å². The average Bonchev–Trinajstić information content (AvgIpc) is 1.65. The number of amides is 1. The number of carbonyl (C=O) groups excluding carboxylic acids is 1. The Morgan fingerprint density at radius 2 is 2.50 bits per heavy atom. The molecule has 0 unspecified atom stereocenters. The van der Waals surface area contributed by atoms with E-state index in [4.69, 9.17) is 5.73 Å². The molecule has 1 atom stereocenters. The molecule has 0 aliphatic heterocycles. The van der Waals surface area contributed by atoms with Crippen molar-refractivity contribution in [2.75, 3.05) is 0 Å². The van der Waals surface area contributed by atoms with E-state index in [-0.39, 0.29) is 11.9 Å². The van der Waals surface area contributed by atoms with Gasteiger partial charge in [-0.1, -0.05) is 0 Å². The van der Waals surface area contributed by atoms with Gasteiger partial charge in [0.2, 0.25) is 5.91 Å². The molecule has 0 bridgehead atoms. The molecular formula is C4H9IN2O. The lowest BCUT2D eigenvalue weighted by atomic mass is 10.2. The minimum absolute atomic E-state index is 0.0133. The summed E-state index contributed by atoms with van der Waals surface area (Å²) in [6, 6.07) is -0.0373. The van der Waals surface area contributed by atoms with Gasteiger partial charge >= 0.3 is 0 Å². The molecule has 0 heterocycles. The van der Waals surface area contributed by atoms with Crippen LogP contribution in [0.3, 0.4) is 0 Å². The van der Waals surface area contributed by atoms with Gasteiger partial charge in [0.05, 0.1) is 22.9 Å². The van der Waals surface area contributed by atoms with E-state index in [1.165, 1.54) is 0 Å². The highest BCUT2D eigenvalue weighted by molar-refractivity contribution is 14.1.